The van der Waals surface area contributed by atoms with Gasteiger partial charge < -0.3 is 29.4 Å². The monoisotopic (exact) mass is 539 g/mol. The van der Waals surface area contributed by atoms with Crippen LogP contribution in [0, 0.1) is 17.2 Å². The van der Waals surface area contributed by atoms with Crippen molar-refractivity contribution in [3.05, 3.63) is 24.0 Å². The summed E-state index contributed by atoms with van der Waals surface area (Å²) in [5.41, 5.74) is 7.79. The summed E-state index contributed by atoms with van der Waals surface area (Å²) in [5.74, 6) is 2.00. The molecule has 12 heteroatoms. The molecule has 0 unspecified atom stereocenters. The van der Waals surface area contributed by atoms with Gasteiger partial charge in [0.2, 0.25) is 5.91 Å². The standard InChI is InChI=1S/C24H27N7O4S.C2H6/c1-33-13-20(32)30-5-2-15(3-6-30)4-7-31-23-21(22(26)27-14-28-23)29-24(31)36-19-11-18-17(10-16(19)12-25)34-8-9-35-18;1-2/h10-11,14-15H,2-9,13H2,1H3,(H2,26,27,28);1-2H3. The molecular weight excluding hydrogens is 506 g/mol. The first kappa shape index (κ1) is 27.5. The number of likely N-dealkylation sites (tertiary alicyclic amines) is 1. The highest BCUT2D eigenvalue weighted by molar-refractivity contribution is 7.99. The van der Waals surface area contributed by atoms with E-state index in [0.717, 1.165) is 37.2 Å². The van der Waals surface area contributed by atoms with Gasteiger partial charge in [-0.05, 0) is 31.2 Å². The minimum absolute atomic E-state index is 0.0372. The van der Waals surface area contributed by atoms with E-state index in [-0.39, 0.29) is 12.5 Å². The van der Waals surface area contributed by atoms with Crippen LogP contribution in [0.2, 0.25) is 0 Å². The Bertz CT molecular complexity index is 1320. The molecule has 0 aliphatic carbocycles. The molecule has 5 rings (SSSR count). The van der Waals surface area contributed by atoms with Crippen LogP contribution in [0.25, 0.3) is 11.2 Å². The molecule has 0 atom stereocenters. The molecule has 202 valence electrons. The molecular formula is C26H33N7O4S. The Balaban J connectivity index is 0.00000164. The Hall–Kier alpha value is -3.56. The topological polar surface area (TPSA) is 141 Å². The minimum atomic E-state index is 0.0372. The maximum absolute atomic E-state index is 12.1. The lowest BCUT2D eigenvalue weighted by Gasteiger charge is -2.32. The molecule has 1 saturated heterocycles. The fourth-order valence-corrected chi connectivity index (χ4v) is 5.55. The first-order valence-electron chi connectivity index (χ1n) is 12.8. The van der Waals surface area contributed by atoms with Crippen LogP contribution in [0.5, 0.6) is 11.5 Å². The molecule has 11 nitrogen and oxygen atoms in total. The number of methoxy groups -OCH3 is 1. The highest BCUT2D eigenvalue weighted by atomic mass is 32.2. The number of fused-ring (bicyclic) bond motifs is 2. The SMILES string of the molecule is CC.COCC(=O)N1CCC(CCn2c(Sc3cc4c(cc3C#N)OCCO4)nc3c(N)ncnc32)CC1. The average molecular weight is 540 g/mol. The third kappa shape index (κ3) is 5.95. The Morgan fingerprint density at radius 2 is 1.92 bits per heavy atom. The number of benzene rings is 1. The number of rotatable bonds is 7. The first-order valence-corrected chi connectivity index (χ1v) is 13.6. The number of ether oxygens (including phenoxy) is 3. The predicted octanol–water partition coefficient (Wildman–Crippen LogP) is 3.50. The number of aryl methyl sites for hydroxylation is 1. The highest BCUT2D eigenvalue weighted by Crippen LogP contribution is 2.40. The van der Waals surface area contributed by atoms with Crippen molar-refractivity contribution in [3.8, 4) is 17.6 Å². The van der Waals surface area contributed by atoms with Crippen LogP contribution in [-0.2, 0) is 16.1 Å². The van der Waals surface area contributed by atoms with Crippen molar-refractivity contribution in [1.29, 1.82) is 5.26 Å². The Labute approximate surface area is 226 Å². The molecule has 4 heterocycles. The van der Waals surface area contributed by atoms with Crippen molar-refractivity contribution in [2.75, 3.05) is 45.8 Å². The molecule has 1 aromatic carbocycles. The normalized spacial score (nSPS) is 15.1. The molecule has 2 aromatic heterocycles. The van der Waals surface area contributed by atoms with Crippen LogP contribution in [0.4, 0.5) is 5.82 Å². The van der Waals surface area contributed by atoms with Crippen molar-refractivity contribution in [2.45, 2.75) is 49.7 Å². The number of nitriles is 1. The van der Waals surface area contributed by atoms with E-state index in [0.29, 0.717) is 64.9 Å². The lowest BCUT2D eigenvalue weighted by molar-refractivity contribution is -0.136. The number of aromatic nitrogens is 4. The van der Waals surface area contributed by atoms with Gasteiger partial charge in [-0.15, -0.1) is 0 Å². The lowest BCUT2D eigenvalue weighted by atomic mass is 9.93. The van der Waals surface area contributed by atoms with Crippen LogP contribution < -0.4 is 15.2 Å². The second-order valence-corrected chi connectivity index (χ2v) is 9.74. The van der Waals surface area contributed by atoms with Crippen molar-refractivity contribution >= 4 is 34.7 Å². The summed E-state index contributed by atoms with van der Waals surface area (Å²) in [6, 6.07) is 5.78. The number of carbonyl (C=O) groups is 1. The molecule has 2 aliphatic rings. The van der Waals surface area contributed by atoms with E-state index in [1.807, 2.05) is 29.4 Å². The van der Waals surface area contributed by atoms with Crippen molar-refractivity contribution in [3.63, 3.8) is 0 Å². The highest BCUT2D eigenvalue weighted by Gasteiger charge is 2.25. The largest absolute Gasteiger partial charge is 0.486 e. The second-order valence-electron chi connectivity index (χ2n) is 8.73. The molecule has 0 saturated carbocycles. The molecule has 3 aromatic rings. The van der Waals surface area contributed by atoms with Crippen LogP contribution in [0.15, 0.2) is 28.5 Å². The van der Waals surface area contributed by atoms with Gasteiger partial charge in [0.05, 0.1) is 5.56 Å². The number of hydrogen-bond donors (Lipinski definition) is 1. The second kappa shape index (κ2) is 12.8. The van der Waals surface area contributed by atoms with E-state index in [9.17, 15) is 10.1 Å². The number of nitrogens with zero attached hydrogens (tertiary/aromatic N) is 6. The number of carbonyl (C=O) groups excluding carboxylic acids is 1. The summed E-state index contributed by atoms with van der Waals surface area (Å²) < 4.78 is 18.4. The molecule has 2 N–H and O–H groups in total. The van der Waals surface area contributed by atoms with Gasteiger partial charge in [-0.25, -0.2) is 15.0 Å². The number of nitrogen functional groups attached to an aromatic ring is 1. The molecule has 1 fully saturated rings. The van der Waals surface area contributed by atoms with Crippen LogP contribution >= 0.6 is 11.8 Å². The fourth-order valence-electron chi connectivity index (χ4n) is 4.55. The van der Waals surface area contributed by atoms with Gasteiger partial charge >= 0.3 is 0 Å². The van der Waals surface area contributed by atoms with E-state index in [1.165, 1.54) is 25.2 Å². The minimum Gasteiger partial charge on any atom is -0.486 e. The number of amides is 1. The van der Waals surface area contributed by atoms with Gasteiger partial charge in [0, 0.05) is 37.7 Å². The first-order chi connectivity index (χ1) is 18.6. The number of imidazole rings is 1. The summed E-state index contributed by atoms with van der Waals surface area (Å²) in [7, 11) is 1.54. The summed E-state index contributed by atoms with van der Waals surface area (Å²) in [6.45, 7) is 7.19. The summed E-state index contributed by atoms with van der Waals surface area (Å²) in [4.78, 5) is 28.0. The van der Waals surface area contributed by atoms with Crippen molar-refractivity contribution < 1.29 is 19.0 Å². The number of hydrogen-bond acceptors (Lipinski definition) is 10. The predicted molar refractivity (Wildman–Crippen MR) is 143 cm³/mol. The average Bonchev–Trinajstić information content (AvgIpc) is 3.31. The molecule has 0 radical (unpaired) electrons. The zero-order chi connectivity index (χ0) is 27.1. The van der Waals surface area contributed by atoms with Gasteiger partial charge in [-0.3, -0.25) is 4.79 Å². The van der Waals surface area contributed by atoms with Crippen molar-refractivity contribution in [2.24, 2.45) is 5.92 Å². The Morgan fingerprint density at radius 3 is 2.61 bits per heavy atom. The third-order valence-corrected chi connectivity index (χ3v) is 7.54. The van der Waals surface area contributed by atoms with E-state index in [2.05, 4.69) is 16.0 Å². The van der Waals surface area contributed by atoms with Crippen molar-refractivity contribution in [1.82, 2.24) is 24.4 Å². The van der Waals surface area contributed by atoms with Gasteiger partial charge in [0.15, 0.2) is 33.6 Å². The maximum atomic E-state index is 12.1. The Kier molecular flexibility index (Phi) is 9.25. The van der Waals surface area contributed by atoms with Gasteiger partial charge in [-0.2, -0.15) is 5.26 Å². The summed E-state index contributed by atoms with van der Waals surface area (Å²) in [5, 5.41) is 10.4. The number of nitrogens with two attached hydrogens (primary N) is 1. The Morgan fingerprint density at radius 1 is 1.21 bits per heavy atom. The molecule has 0 spiro atoms. The van der Waals surface area contributed by atoms with E-state index in [1.54, 1.807) is 6.07 Å². The third-order valence-electron chi connectivity index (χ3n) is 6.49. The van der Waals surface area contributed by atoms with E-state index < -0.39 is 0 Å². The zero-order valence-corrected chi connectivity index (χ0v) is 22.8. The number of anilines is 1. The molecule has 2 aliphatic heterocycles. The fraction of sp³-hybridized carbons (Fsp3) is 0.500. The van der Waals surface area contributed by atoms with E-state index >= 15 is 0 Å². The zero-order valence-electron chi connectivity index (χ0n) is 22.0. The number of piperidine rings is 1. The summed E-state index contributed by atoms with van der Waals surface area (Å²) in [6.07, 6.45) is 4.21. The van der Waals surface area contributed by atoms with Crippen LogP contribution in [0.1, 0.15) is 38.7 Å². The molecule has 0 bridgehead atoms. The van der Waals surface area contributed by atoms with Crippen LogP contribution in [-0.4, -0.2) is 70.3 Å². The lowest BCUT2D eigenvalue weighted by Crippen LogP contribution is -2.40. The summed E-state index contributed by atoms with van der Waals surface area (Å²) >= 11 is 1.37. The quantitative estimate of drug-likeness (QED) is 0.474. The smallest absolute Gasteiger partial charge is 0.248 e. The van der Waals surface area contributed by atoms with Gasteiger partial charge in [0.25, 0.3) is 0 Å². The molecule has 38 heavy (non-hydrogen) atoms. The van der Waals surface area contributed by atoms with Crippen LogP contribution in [0.3, 0.4) is 0 Å². The van der Waals surface area contributed by atoms with Gasteiger partial charge in [-0.1, -0.05) is 25.6 Å². The van der Waals surface area contributed by atoms with E-state index in [4.69, 9.17) is 24.9 Å². The molecule has 1 amide bonds. The van der Waals surface area contributed by atoms with Gasteiger partial charge in [0.1, 0.15) is 32.2 Å². The maximum Gasteiger partial charge on any atom is 0.248 e.